The number of amides is 1. The summed E-state index contributed by atoms with van der Waals surface area (Å²) in [4.78, 5) is 20.8. The Balaban J connectivity index is 1.65. The first-order valence-corrected chi connectivity index (χ1v) is 10.8. The van der Waals surface area contributed by atoms with E-state index < -0.39 is 6.09 Å². The SMILES string of the molecule is CCCc1nnnn1-c1cc(OC(=O)NC(C)c2cnccn2)cc(-c2ccc(Cl)cc2)c1. The van der Waals surface area contributed by atoms with Gasteiger partial charge in [0.1, 0.15) is 5.75 Å². The zero-order valence-electron chi connectivity index (χ0n) is 18.1. The molecule has 4 aromatic rings. The smallest absolute Gasteiger partial charge is 0.410 e. The maximum atomic E-state index is 12.6. The fourth-order valence-electron chi connectivity index (χ4n) is 3.28. The van der Waals surface area contributed by atoms with Gasteiger partial charge in [0, 0.05) is 29.9 Å². The van der Waals surface area contributed by atoms with Crippen LogP contribution in [0.1, 0.15) is 37.8 Å². The highest BCUT2D eigenvalue weighted by Crippen LogP contribution is 2.29. The minimum atomic E-state index is -0.613. The molecule has 2 aromatic heterocycles. The van der Waals surface area contributed by atoms with Crippen molar-refractivity contribution in [2.75, 3.05) is 0 Å². The lowest BCUT2D eigenvalue weighted by atomic mass is 10.0. The molecule has 2 aromatic carbocycles. The van der Waals surface area contributed by atoms with Crippen molar-refractivity contribution in [2.24, 2.45) is 0 Å². The van der Waals surface area contributed by atoms with Crippen LogP contribution < -0.4 is 10.1 Å². The fraction of sp³-hybridized carbons (Fsp3) is 0.217. The molecular weight excluding hydrogens is 442 g/mol. The van der Waals surface area contributed by atoms with E-state index in [1.807, 2.05) is 18.2 Å². The topological polar surface area (TPSA) is 108 Å². The third-order valence-electron chi connectivity index (χ3n) is 4.89. The summed E-state index contributed by atoms with van der Waals surface area (Å²) < 4.78 is 7.27. The van der Waals surface area contributed by atoms with Crippen molar-refractivity contribution in [2.45, 2.75) is 32.7 Å². The van der Waals surface area contributed by atoms with Gasteiger partial charge in [-0.05, 0) is 59.2 Å². The first kappa shape index (κ1) is 22.3. The Hall–Kier alpha value is -3.85. The van der Waals surface area contributed by atoms with Crippen molar-refractivity contribution in [3.63, 3.8) is 0 Å². The number of nitrogens with zero attached hydrogens (tertiary/aromatic N) is 6. The molecule has 10 heteroatoms. The molecular formula is C23H22ClN7O2. The van der Waals surface area contributed by atoms with Gasteiger partial charge in [-0.25, -0.2) is 4.79 Å². The zero-order chi connectivity index (χ0) is 23.2. The lowest BCUT2D eigenvalue weighted by Gasteiger charge is -2.15. The van der Waals surface area contributed by atoms with E-state index in [4.69, 9.17) is 16.3 Å². The number of ether oxygens (including phenoxy) is 1. The van der Waals surface area contributed by atoms with Crippen molar-refractivity contribution < 1.29 is 9.53 Å². The van der Waals surface area contributed by atoms with Crippen LogP contribution >= 0.6 is 11.6 Å². The second-order valence-electron chi connectivity index (χ2n) is 7.37. The van der Waals surface area contributed by atoms with Gasteiger partial charge in [-0.3, -0.25) is 9.97 Å². The third-order valence-corrected chi connectivity index (χ3v) is 5.14. The average Bonchev–Trinajstić information content (AvgIpc) is 3.28. The second kappa shape index (κ2) is 10.2. The Bertz CT molecular complexity index is 1230. The van der Waals surface area contributed by atoms with E-state index in [1.54, 1.807) is 54.5 Å². The zero-order valence-corrected chi connectivity index (χ0v) is 18.9. The minimum absolute atomic E-state index is 0.347. The van der Waals surface area contributed by atoms with Crippen LogP contribution in [0.5, 0.6) is 5.75 Å². The Morgan fingerprint density at radius 2 is 1.97 bits per heavy atom. The Morgan fingerprint density at radius 1 is 1.15 bits per heavy atom. The molecule has 1 N–H and O–H groups in total. The molecule has 33 heavy (non-hydrogen) atoms. The predicted octanol–water partition coefficient (Wildman–Crippen LogP) is 4.57. The summed E-state index contributed by atoms with van der Waals surface area (Å²) in [7, 11) is 0. The van der Waals surface area contributed by atoms with Crippen molar-refractivity contribution in [1.29, 1.82) is 0 Å². The van der Waals surface area contributed by atoms with Crippen molar-refractivity contribution in [3.05, 3.63) is 77.6 Å². The molecule has 1 atom stereocenters. The Kier molecular flexibility index (Phi) is 6.89. The highest BCUT2D eigenvalue weighted by atomic mass is 35.5. The van der Waals surface area contributed by atoms with E-state index in [2.05, 4.69) is 37.7 Å². The number of nitrogens with one attached hydrogen (secondary N) is 1. The van der Waals surface area contributed by atoms with Crippen LogP contribution in [0.15, 0.2) is 61.1 Å². The third kappa shape index (κ3) is 5.50. The van der Waals surface area contributed by atoms with Gasteiger partial charge in [-0.2, -0.15) is 4.68 Å². The van der Waals surface area contributed by atoms with Crippen LogP contribution in [-0.2, 0) is 6.42 Å². The summed E-state index contributed by atoms with van der Waals surface area (Å²) in [5.74, 6) is 1.07. The molecule has 0 aliphatic heterocycles. The van der Waals surface area contributed by atoms with E-state index >= 15 is 0 Å². The number of hydrogen-bond donors (Lipinski definition) is 1. The number of hydrogen-bond acceptors (Lipinski definition) is 7. The summed E-state index contributed by atoms with van der Waals surface area (Å²) in [6.07, 6.45) is 5.73. The van der Waals surface area contributed by atoms with Crippen molar-refractivity contribution in [3.8, 4) is 22.6 Å². The molecule has 0 spiro atoms. The second-order valence-corrected chi connectivity index (χ2v) is 7.80. The summed E-state index contributed by atoms with van der Waals surface area (Å²) in [6.45, 7) is 3.86. The monoisotopic (exact) mass is 463 g/mol. The van der Waals surface area contributed by atoms with Gasteiger partial charge in [0.15, 0.2) is 5.82 Å². The van der Waals surface area contributed by atoms with E-state index in [9.17, 15) is 4.79 Å². The van der Waals surface area contributed by atoms with Crippen LogP contribution in [0.25, 0.3) is 16.8 Å². The van der Waals surface area contributed by atoms with Crippen LogP contribution in [0.2, 0.25) is 5.02 Å². The highest BCUT2D eigenvalue weighted by molar-refractivity contribution is 6.30. The van der Waals surface area contributed by atoms with Crippen molar-refractivity contribution >= 4 is 17.7 Å². The van der Waals surface area contributed by atoms with Crippen LogP contribution in [-0.4, -0.2) is 36.3 Å². The molecule has 1 amide bonds. The van der Waals surface area contributed by atoms with E-state index in [1.165, 1.54) is 0 Å². The largest absolute Gasteiger partial charge is 0.413 e. The standard InChI is InChI=1S/C23H22ClN7O2/c1-3-4-22-28-29-30-31(22)19-11-17(16-5-7-18(24)8-6-16)12-20(13-19)33-23(32)27-15(2)21-14-25-9-10-26-21/h5-15H,3-4H2,1-2H3,(H,27,32). The maximum Gasteiger partial charge on any atom is 0.413 e. The van der Waals surface area contributed by atoms with Gasteiger partial charge in [-0.1, -0.05) is 30.7 Å². The number of halogens is 1. The highest BCUT2D eigenvalue weighted by Gasteiger charge is 2.16. The molecule has 0 fully saturated rings. The molecule has 1 unspecified atom stereocenters. The average molecular weight is 464 g/mol. The lowest BCUT2D eigenvalue weighted by Crippen LogP contribution is -2.30. The first-order valence-electron chi connectivity index (χ1n) is 10.5. The summed E-state index contributed by atoms with van der Waals surface area (Å²) in [5, 5.41) is 15.4. The summed E-state index contributed by atoms with van der Waals surface area (Å²) in [5.41, 5.74) is 3.04. The van der Waals surface area contributed by atoms with Crippen LogP contribution in [0.4, 0.5) is 4.79 Å². The molecule has 0 saturated carbocycles. The maximum absolute atomic E-state index is 12.6. The van der Waals surface area contributed by atoms with Gasteiger partial charge in [-0.15, -0.1) is 5.10 Å². The van der Waals surface area contributed by atoms with E-state index in [0.29, 0.717) is 28.6 Å². The number of aryl methyl sites for hydroxylation is 1. The number of carbonyl (C=O) groups is 1. The molecule has 0 radical (unpaired) electrons. The quantitative estimate of drug-likeness (QED) is 0.427. The van der Waals surface area contributed by atoms with E-state index in [0.717, 1.165) is 23.4 Å². The van der Waals surface area contributed by atoms with Gasteiger partial charge in [0.05, 0.1) is 23.6 Å². The predicted molar refractivity (Wildman–Crippen MR) is 123 cm³/mol. The molecule has 9 nitrogen and oxygen atoms in total. The van der Waals surface area contributed by atoms with Crippen LogP contribution in [0, 0.1) is 0 Å². The van der Waals surface area contributed by atoms with Gasteiger partial charge in [0.25, 0.3) is 0 Å². The molecule has 0 bridgehead atoms. The molecule has 0 aliphatic carbocycles. The summed E-state index contributed by atoms with van der Waals surface area (Å²) >= 11 is 6.05. The molecule has 0 saturated heterocycles. The number of aromatic nitrogens is 6. The van der Waals surface area contributed by atoms with Crippen LogP contribution in [0.3, 0.4) is 0 Å². The first-order chi connectivity index (χ1) is 16.0. The Morgan fingerprint density at radius 3 is 2.70 bits per heavy atom. The van der Waals surface area contributed by atoms with Crippen molar-refractivity contribution in [1.82, 2.24) is 35.5 Å². The normalized spacial score (nSPS) is 11.7. The number of rotatable bonds is 7. The van der Waals surface area contributed by atoms with Gasteiger partial charge >= 0.3 is 6.09 Å². The van der Waals surface area contributed by atoms with E-state index in [-0.39, 0.29) is 6.04 Å². The lowest BCUT2D eigenvalue weighted by molar-refractivity contribution is 0.196. The molecule has 2 heterocycles. The minimum Gasteiger partial charge on any atom is -0.410 e. The molecule has 168 valence electrons. The number of carbonyl (C=O) groups excluding carboxylic acids is 1. The fourth-order valence-corrected chi connectivity index (χ4v) is 3.41. The Labute approximate surface area is 195 Å². The molecule has 0 aliphatic rings. The summed E-state index contributed by atoms with van der Waals surface area (Å²) in [6, 6.07) is 12.5. The number of benzene rings is 2. The van der Waals surface area contributed by atoms with Gasteiger partial charge in [0.2, 0.25) is 0 Å². The number of tetrazole rings is 1. The molecule has 4 rings (SSSR count). The van der Waals surface area contributed by atoms with Gasteiger partial charge < -0.3 is 10.1 Å².